The number of nitrogens with one attached hydrogen (secondary N) is 1. The number of carbonyl (C=O) groups excluding carboxylic acids is 2. The highest BCUT2D eigenvalue weighted by atomic mass is 16.5. The summed E-state index contributed by atoms with van der Waals surface area (Å²) < 4.78 is 12.3. The second kappa shape index (κ2) is 16.1. The van der Waals surface area contributed by atoms with Crippen molar-refractivity contribution in [1.82, 2.24) is 4.90 Å². The highest BCUT2D eigenvalue weighted by Crippen LogP contribution is 2.33. The molecule has 0 unspecified atom stereocenters. The third-order valence-electron chi connectivity index (χ3n) is 9.61. The first-order valence-corrected chi connectivity index (χ1v) is 18.0. The van der Waals surface area contributed by atoms with Gasteiger partial charge in [-0.25, -0.2) is 0 Å². The minimum Gasteiger partial charge on any atom is -0.490 e. The topological polar surface area (TPSA) is 67.9 Å². The molecule has 6 rings (SSSR count). The van der Waals surface area contributed by atoms with E-state index in [1.807, 2.05) is 109 Å². The van der Waals surface area contributed by atoms with Crippen LogP contribution in [0.5, 0.6) is 11.5 Å². The Morgan fingerprint density at radius 1 is 0.686 bits per heavy atom. The van der Waals surface area contributed by atoms with Gasteiger partial charge in [0.25, 0.3) is 11.8 Å². The fraction of sp³-hybridized carbons (Fsp3) is 0.289. The van der Waals surface area contributed by atoms with E-state index in [2.05, 4.69) is 51.2 Å². The van der Waals surface area contributed by atoms with Gasteiger partial charge in [0.1, 0.15) is 24.2 Å². The van der Waals surface area contributed by atoms with Gasteiger partial charge in [0, 0.05) is 42.7 Å². The van der Waals surface area contributed by atoms with Crippen molar-refractivity contribution >= 4 is 17.5 Å². The van der Waals surface area contributed by atoms with Gasteiger partial charge in [-0.2, -0.15) is 0 Å². The van der Waals surface area contributed by atoms with Gasteiger partial charge in [0.05, 0.1) is 0 Å². The van der Waals surface area contributed by atoms with Crippen molar-refractivity contribution in [3.05, 3.63) is 149 Å². The van der Waals surface area contributed by atoms with Gasteiger partial charge in [-0.1, -0.05) is 100.0 Å². The fourth-order valence-corrected chi connectivity index (χ4v) is 6.52. The van der Waals surface area contributed by atoms with Crippen molar-refractivity contribution in [2.45, 2.75) is 72.0 Å². The first kappa shape index (κ1) is 35.5. The maximum atomic E-state index is 13.3. The molecule has 1 aliphatic rings. The number of aryl methyl sites for hydroxylation is 1. The van der Waals surface area contributed by atoms with Gasteiger partial charge < -0.3 is 19.7 Å². The first-order chi connectivity index (χ1) is 24.6. The number of rotatable bonds is 11. The summed E-state index contributed by atoms with van der Waals surface area (Å²) in [6, 6.07) is 37.8. The molecular weight excluding hydrogens is 633 g/mol. The van der Waals surface area contributed by atoms with E-state index in [-0.39, 0.29) is 17.9 Å². The molecule has 1 N–H and O–H groups in total. The number of para-hydroxylation sites is 1. The number of carbonyl (C=O) groups is 2. The molecule has 0 spiro atoms. The molecule has 6 nitrogen and oxygen atoms in total. The molecule has 0 aliphatic carbocycles. The SMILES string of the molecule is Cc1ccc(C(=O)N2CCC(Oc3ccc(COc4ccc(-c5ccc(C(=O)Nc6c(C(C)C)cccc6C(C)C)cc5)cc4)cc3)CC2)cc1. The molecule has 0 atom stereocenters. The quantitative estimate of drug-likeness (QED) is 0.151. The van der Waals surface area contributed by atoms with Gasteiger partial charge in [-0.05, 0) is 95.1 Å². The maximum Gasteiger partial charge on any atom is 0.255 e. The zero-order valence-electron chi connectivity index (χ0n) is 30.3. The first-order valence-electron chi connectivity index (χ1n) is 18.0. The predicted molar refractivity (Wildman–Crippen MR) is 206 cm³/mol. The molecule has 1 aliphatic heterocycles. The molecule has 1 saturated heterocycles. The van der Waals surface area contributed by atoms with Crippen LogP contribution in [0.25, 0.3) is 11.1 Å². The summed E-state index contributed by atoms with van der Waals surface area (Å²) in [5.41, 5.74) is 8.87. The van der Waals surface area contributed by atoms with Crippen molar-refractivity contribution in [2.24, 2.45) is 0 Å². The van der Waals surface area contributed by atoms with Crippen LogP contribution >= 0.6 is 0 Å². The van der Waals surface area contributed by atoms with Crippen molar-refractivity contribution in [3.63, 3.8) is 0 Å². The number of nitrogens with zero attached hydrogens (tertiary/aromatic N) is 1. The second-order valence-corrected chi connectivity index (χ2v) is 14.1. The number of benzene rings is 5. The Bertz CT molecular complexity index is 1900. The van der Waals surface area contributed by atoms with Crippen LogP contribution in [0.1, 0.15) is 95.3 Å². The van der Waals surface area contributed by atoms with Crippen LogP contribution in [0, 0.1) is 6.92 Å². The number of hydrogen-bond donors (Lipinski definition) is 1. The lowest BCUT2D eigenvalue weighted by Crippen LogP contribution is -2.41. The summed E-state index contributed by atoms with van der Waals surface area (Å²) >= 11 is 0. The lowest BCUT2D eigenvalue weighted by atomic mass is 9.92. The highest BCUT2D eigenvalue weighted by Gasteiger charge is 2.25. The Balaban J connectivity index is 0.975. The van der Waals surface area contributed by atoms with E-state index in [0.717, 1.165) is 69.0 Å². The van der Waals surface area contributed by atoms with Crippen LogP contribution in [0.2, 0.25) is 0 Å². The number of amides is 2. The lowest BCUT2D eigenvalue weighted by molar-refractivity contribution is 0.0595. The maximum absolute atomic E-state index is 13.3. The van der Waals surface area contributed by atoms with Gasteiger partial charge in [0.2, 0.25) is 0 Å². The minimum atomic E-state index is -0.104. The molecule has 262 valence electrons. The number of anilines is 1. The van der Waals surface area contributed by atoms with Gasteiger partial charge in [-0.15, -0.1) is 0 Å². The molecule has 5 aromatic carbocycles. The Morgan fingerprint density at radius 2 is 1.22 bits per heavy atom. The number of ether oxygens (including phenoxy) is 2. The average Bonchev–Trinajstić information content (AvgIpc) is 3.15. The van der Waals surface area contributed by atoms with E-state index in [1.54, 1.807) is 0 Å². The van der Waals surface area contributed by atoms with Crippen LogP contribution in [0.4, 0.5) is 5.69 Å². The van der Waals surface area contributed by atoms with Crippen molar-refractivity contribution in [3.8, 4) is 22.6 Å². The standard InChI is InChI=1S/C45H48N2O4/c1-30(2)41-7-6-8-42(31(3)4)43(41)46-44(48)36-17-15-34(16-18-36)35-19-23-38(24-20-35)50-29-33-11-21-39(22-12-33)51-40-25-27-47(28-26-40)45(49)37-13-9-32(5)10-14-37/h6-24,30-31,40H,25-29H2,1-5H3,(H,46,48). The molecule has 0 radical (unpaired) electrons. The molecule has 5 aromatic rings. The molecular formula is C45H48N2O4. The second-order valence-electron chi connectivity index (χ2n) is 14.1. The van der Waals surface area contributed by atoms with E-state index >= 15 is 0 Å². The van der Waals surface area contributed by atoms with Crippen molar-refractivity contribution in [2.75, 3.05) is 18.4 Å². The van der Waals surface area contributed by atoms with E-state index in [4.69, 9.17) is 9.47 Å². The van der Waals surface area contributed by atoms with Gasteiger partial charge in [-0.3, -0.25) is 9.59 Å². The van der Waals surface area contributed by atoms with Crippen LogP contribution < -0.4 is 14.8 Å². The molecule has 0 aromatic heterocycles. The van der Waals surface area contributed by atoms with E-state index in [9.17, 15) is 9.59 Å². The molecule has 1 heterocycles. The smallest absolute Gasteiger partial charge is 0.255 e. The van der Waals surface area contributed by atoms with E-state index in [1.165, 1.54) is 0 Å². The van der Waals surface area contributed by atoms with Crippen molar-refractivity contribution < 1.29 is 19.1 Å². The van der Waals surface area contributed by atoms with Crippen LogP contribution in [-0.4, -0.2) is 35.9 Å². The molecule has 0 bridgehead atoms. The Hall–Kier alpha value is -5.36. The zero-order valence-corrected chi connectivity index (χ0v) is 30.3. The van der Waals surface area contributed by atoms with E-state index in [0.29, 0.717) is 37.1 Å². The van der Waals surface area contributed by atoms with Crippen molar-refractivity contribution in [1.29, 1.82) is 0 Å². The summed E-state index contributed by atoms with van der Waals surface area (Å²) in [7, 11) is 0. The number of piperidine rings is 1. The normalized spacial score (nSPS) is 13.4. The third-order valence-corrected chi connectivity index (χ3v) is 9.61. The average molecular weight is 681 g/mol. The Labute approximate surface area is 302 Å². The lowest BCUT2D eigenvalue weighted by Gasteiger charge is -2.32. The summed E-state index contributed by atoms with van der Waals surface area (Å²) in [6.45, 7) is 12.5. The number of likely N-dealkylation sites (tertiary alicyclic amines) is 1. The number of hydrogen-bond acceptors (Lipinski definition) is 4. The molecule has 1 fully saturated rings. The largest absolute Gasteiger partial charge is 0.490 e. The molecule has 0 saturated carbocycles. The van der Waals surface area contributed by atoms with E-state index < -0.39 is 0 Å². The molecule has 51 heavy (non-hydrogen) atoms. The van der Waals surface area contributed by atoms with Crippen LogP contribution in [-0.2, 0) is 6.61 Å². The third kappa shape index (κ3) is 8.87. The molecule has 6 heteroatoms. The minimum absolute atomic E-state index is 0.0891. The molecule has 2 amide bonds. The fourth-order valence-electron chi connectivity index (χ4n) is 6.52. The van der Waals surface area contributed by atoms with Gasteiger partial charge >= 0.3 is 0 Å². The summed E-state index contributed by atoms with van der Waals surface area (Å²) in [6.07, 6.45) is 1.71. The van der Waals surface area contributed by atoms with Crippen LogP contribution in [0.15, 0.2) is 115 Å². The summed E-state index contributed by atoms with van der Waals surface area (Å²) in [5.74, 6) is 2.21. The summed E-state index contributed by atoms with van der Waals surface area (Å²) in [4.78, 5) is 28.1. The monoisotopic (exact) mass is 680 g/mol. The zero-order chi connectivity index (χ0) is 35.9. The summed E-state index contributed by atoms with van der Waals surface area (Å²) in [5, 5.41) is 3.21. The predicted octanol–water partition coefficient (Wildman–Crippen LogP) is 10.4. The van der Waals surface area contributed by atoms with Gasteiger partial charge in [0.15, 0.2) is 0 Å². The Morgan fingerprint density at radius 3 is 1.78 bits per heavy atom. The highest BCUT2D eigenvalue weighted by molar-refractivity contribution is 6.05. The van der Waals surface area contributed by atoms with Crippen LogP contribution in [0.3, 0.4) is 0 Å². The Kier molecular flexibility index (Phi) is 11.2.